The standard InChI is InChI=1S/C18H19NO3/c1-3-22-17-6-4-5-15(13-17)19-18(20)12-9-14-7-10-16(21-2)11-8-14/h4-13H,3H2,1-2H3,(H,19,20)/b12-9+. The molecule has 0 saturated heterocycles. The van der Waals surface area contributed by atoms with E-state index in [1.807, 2.05) is 49.4 Å². The lowest BCUT2D eigenvalue weighted by Crippen LogP contribution is -2.07. The van der Waals surface area contributed by atoms with Crippen molar-refractivity contribution in [1.29, 1.82) is 0 Å². The normalized spacial score (nSPS) is 10.5. The molecule has 0 saturated carbocycles. The predicted octanol–water partition coefficient (Wildman–Crippen LogP) is 3.75. The van der Waals surface area contributed by atoms with Crippen LogP contribution in [0.4, 0.5) is 5.69 Å². The first-order valence-corrected chi connectivity index (χ1v) is 7.07. The fourth-order valence-corrected chi connectivity index (χ4v) is 1.90. The summed E-state index contributed by atoms with van der Waals surface area (Å²) in [5, 5.41) is 2.80. The molecule has 22 heavy (non-hydrogen) atoms. The van der Waals surface area contributed by atoms with Crippen molar-refractivity contribution in [1.82, 2.24) is 0 Å². The van der Waals surface area contributed by atoms with E-state index < -0.39 is 0 Å². The van der Waals surface area contributed by atoms with Crippen molar-refractivity contribution in [3.05, 3.63) is 60.2 Å². The highest BCUT2D eigenvalue weighted by atomic mass is 16.5. The van der Waals surface area contributed by atoms with Crippen LogP contribution in [0.1, 0.15) is 12.5 Å². The van der Waals surface area contributed by atoms with E-state index in [-0.39, 0.29) is 5.91 Å². The first-order valence-electron chi connectivity index (χ1n) is 7.07. The summed E-state index contributed by atoms with van der Waals surface area (Å²) in [6.07, 6.45) is 3.25. The number of anilines is 1. The summed E-state index contributed by atoms with van der Waals surface area (Å²) >= 11 is 0. The Kier molecular flexibility index (Phi) is 5.60. The van der Waals surface area contributed by atoms with Crippen LogP contribution in [0.5, 0.6) is 11.5 Å². The topological polar surface area (TPSA) is 47.6 Å². The number of rotatable bonds is 6. The molecule has 0 atom stereocenters. The molecule has 0 aromatic heterocycles. The van der Waals surface area contributed by atoms with Crippen LogP contribution in [0.2, 0.25) is 0 Å². The molecule has 0 heterocycles. The summed E-state index contributed by atoms with van der Waals surface area (Å²) < 4.78 is 10.5. The summed E-state index contributed by atoms with van der Waals surface area (Å²) in [6.45, 7) is 2.51. The van der Waals surface area contributed by atoms with Gasteiger partial charge in [0.1, 0.15) is 11.5 Å². The summed E-state index contributed by atoms with van der Waals surface area (Å²) in [7, 11) is 1.62. The van der Waals surface area contributed by atoms with E-state index in [9.17, 15) is 4.79 Å². The minimum absolute atomic E-state index is 0.190. The summed E-state index contributed by atoms with van der Waals surface area (Å²) in [5.74, 6) is 1.33. The van der Waals surface area contributed by atoms with Crippen LogP contribution in [0.3, 0.4) is 0 Å². The predicted molar refractivity (Wildman–Crippen MR) is 88.3 cm³/mol. The molecular weight excluding hydrogens is 278 g/mol. The van der Waals surface area contributed by atoms with Crippen LogP contribution in [0, 0.1) is 0 Å². The van der Waals surface area contributed by atoms with Gasteiger partial charge in [0.25, 0.3) is 0 Å². The van der Waals surface area contributed by atoms with Crippen molar-refractivity contribution < 1.29 is 14.3 Å². The lowest BCUT2D eigenvalue weighted by molar-refractivity contribution is -0.111. The highest BCUT2D eigenvalue weighted by Gasteiger charge is 2.00. The number of amides is 1. The Balaban J connectivity index is 1.96. The molecule has 0 spiro atoms. The van der Waals surface area contributed by atoms with Gasteiger partial charge in [0.15, 0.2) is 0 Å². The van der Waals surface area contributed by atoms with Crippen LogP contribution < -0.4 is 14.8 Å². The van der Waals surface area contributed by atoms with Gasteiger partial charge in [-0.25, -0.2) is 0 Å². The second kappa shape index (κ2) is 7.88. The van der Waals surface area contributed by atoms with Gasteiger partial charge in [0.05, 0.1) is 13.7 Å². The monoisotopic (exact) mass is 297 g/mol. The molecule has 2 aromatic rings. The van der Waals surface area contributed by atoms with E-state index in [0.29, 0.717) is 12.3 Å². The molecule has 2 aromatic carbocycles. The molecule has 1 N–H and O–H groups in total. The molecule has 0 aliphatic carbocycles. The van der Waals surface area contributed by atoms with E-state index in [1.54, 1.807) is 19.3 Å². The van der Waals surface area contributed by atoms with E-state index in [4.69, 9.17) is 9.47 Å². The maximum Gasteiger partial charge on any atom is 0.248 e. The van der Waals surface area contributed by atoms with Gasteiger partial charge in [-0.1, -0.05) is 18.2 Å². The fraction of sp³-hybridized carbons (Fsp3) is 0.167. The molecule has 0 fully saturated rings. The number of hydrogen-bond acceptors (Lipinski definition) is 3. The smallest absolute Gasteiger partial charge is 0.248 e. The molecule has 1 amide bonds. The first-order chi connectivity index (χ1) is 10.7. The summed E-state index contributed by atoms with van der Waals surface area (Å²) in [5.41, 5.74) is 1.63. The molecule has 114 valence electrons. The van der Waals surface area contributed by atoms with Crippen molar-refractivity contribution in [3.63, 3.8) is 0 Å². The zero-order valence-electron chi connectivity index (χ0n) is 12.7. The number of nitrogens with one attached hydrogen (secondary N) is 1. The number of methoxy groups -OCH3 is 1. The molecule has 0 radical (unpaired) electrons. The number of ether oxygens (including phenoxy) is 2. The maximum atomic E-state index is 11.9. The van der Waals surface area contributed by atoms with Crippen molar-refractivity contribution in [3.8, 4) is 11.5 Å². The second-order valence-corrected chi connectivity index (χ2v) is 4.56. The summed E-state index contributed by atoms with van der Waals surface area (Å²) in [4.78, 5) is 11.9. The minimum atomic E-state index is -0.190. The SMILES string of the molecule is CCOc1cccc(NC(=O)/C=C/c2ccc(OC)cc2)c1. The number of benzene rings is 2. The van der Waals surface area contributed by atoms with Gasteiger partial charge in [-0.2, -0.15) is 0 Å². The first kappa shape index (κ1) is 15.6. The Morgan fingerprint density at radius 3 is 2.59 bits per heavy atom. The van der Waals surface area contributed by atoms with Gasteiger partial charge < -0.3 is 14.8 Å². The lowest BCUT2D eigenvalue weighted by atomic mass is 10.2. The van der Waals surface area contributed by atoms with Crippen molar-refractivity contribution in [2.24, 2.45) is 0 Å². The van der Waals surface area contributed by atoms with E-state index in [2.05, 4.69) is 5.32 Å². The molecule has 4 heteroatoms. The number of carbonyl (C=O) groups is 1. The van der Waals surface area contributed by atoms with Gasteiger partial charge in [-0.3, -0.25) is 4.79 Å². The molecular formula is C18H19NO3. The van der Waals surface area contributed by atoms with Gasteiger partial charge in [-0.15, -0.1) is 0 Å². The molecule has 4 nitrogen and oxygen atoms in total. The average Bonchev–Trinajstić information content (AvgIpc) is 2.54. The highest BCUT2D eigenvalue weighted by Crippen LogP contribution is 2.17. The van der Waals surface area contributed by atoms with Crippen molar-refractivity contribution in [2.75, 3.05) is 19.0 Å². The Morgan fingerprint density at radius 1 is 1.14 bits per heavy atom. The minimum Gasteiger partial charge on any atom is -0.497 e. The van der Waals surface area contributed by atoms with Crippen LogP contribution in [-0.2, 0) is 4.79 Å². The maximum absolute atomic E-state index is 11.9. The quantitative estimate of drug-likeness (QED) is 0.826. The average molecular weight is 297 g/mol. The molecule has 0 aliphatic heterocycles. The lowest BCUT2D eigenvalue weighted by Gasteiger charge is -2.06. The third-order valence-electron chi connectivity index (χ3n) is 2.96. The zero-order valence-corrected chi connectivity index (χ0v) is 12.7. The molecule has 2 rings (SSSR count). The highest BCUT2D eigenvalue weighted by molar-refractivity contribution is 6.02. The van der Waals surface area contributed by atoms with Crippen LogP contribution >= 0.6 is 0 Å². The van der Waals surface area contributed by atoms with E-state index in [1.165, 1.54) is 6.08 Å². The molecule has 0 bridgehead atoms. The largest absolute Gasteiger partial charge is 0.497 e. The third-order valence-corrected chi connectivity index (χ3v) is 2.96. The van der Waals surface area contributed by atoms with Crippen LogP contribution in [-0.4, -0.2) is 19.6 Å². The molecule has 0 aliphatic rings. The summed E-state index contributed by atoms with van der Waals surface area (Å²) in [6, 6.07) is 14.8. The third kappa shape index (κ3) is 4.66. The van der Waals surface area contributed by atoms with Crippen LogP contribution in [0.15, 0.2) is 54.6 Å². The van der Waals surface area contributed by atoms with Gasteiger partial charge >= 0.3 is 0 Å². The van der Waals surface area contributed by atoms with E-state index >= 15 is 0 Å². The van der Waals surface area contributed by atoms with Gasteiger partial charge in [0.2, 0.25) is 5.91 Å². The van der Waals surface area contributed by atoms with Gasteiger partial charge in [-0.05, 0) is 42.8 Å². The Bertz CT molecular complexity index is 648. The Labute approximate surface area is 130 Å². The Hall–Kier alpha value is -2.75. The van der Waals surface area contributed by atoms with E-state index in [0.717, 1.165) is 17.1 Å². The van der Waals surface area contributed by atoms with Crippen molar-refractivity contribution >= 4 is 17.7 Å². The number of hydrogen-bond donors (Lipinski definition) is 1. The number of carbonyl (C=O) groups excluding carboxylic acids is 1. The van der Waals surface area contributed by atoms with Crippen LogP contribution in [0.25, 0.3) is 6.08 Å². The molecule has 0 unspecified atom stereocenters. The van der Waals surface area contributed by atoms with Gasteiger partial charge in [0, 0.05) is 17.8 Å². The van der Waals surface area contributed by atoms with Crippen molar-refractivity contribution in [2.45, 2.75) is 6.92 Å². The Morgan fingerprint density at radius 2 is 1.91 bits per heavy atom. The second-order valence-electron chi connectivity index (χ2n) is 4.56. The fourth-order valence-electron chi connectivity index (χ4n) is 1.90. The zero-order chi connectivity index (χ0) is 15.8.